The van der Waals surface area contributed by atoms with Crippen LogP contribution in [0.25, 0.3) is 0 Å². The number of thiocarbonyl (C=S) groups is 1. The summed E-state index contributed by atoms with van der Waals surface area (Å²) in [6, 6.07) is 22.0. The van der Waals surface area contributed by atoms with E-state index in [4.69, 9.17) is 26.4 Å². The van der Waals surface area contributed by atoms with E-state index in [1.54, 1.807) is 32.0 Å². The molecule has 1 amide bonds. The molecule has 0 unspecified atom stereocenters. The molecule has 11 heteroatoms. The third-order valence-corrected chi connectivity index (χ3v) is 6.89. The van der Waals surface area contributed by atoms with E-state index in [0.29, 0.717) is 34.3 Å². The number of para-hydroxylation sites is 1. The first-order valence-electron chi connectivity index (χ1n) is 12.8. The summed E-state index contributed by atoms with van der Waals surface area (Å²) in [6.07, 6.45) is 1.54. The zero-order valence-electron chi connectivity index (χ0n) is 22.5. The number of carbonyl (C=O) groups is 2. The van der Waals surface area contributed by atoms with Crippen molar-refractivity contribution in [2.45, 2.75) is 26.5 Å². The van der Waals surface area contributed by atoms with Crippen molar-refractivity contribution >= 4 is 58.0 Å². The number of hydrogen-bond acceptors (Lipinski definition) is 7. The maximum Gasteiger partial charge on any atom is 0.338 e. The molecule has 212 valence electrons. The Hall–Kier alpha value is -3.97. The highest BCUT2D eigenvalue weighted by molar-refractivity contribution is 14.1. The van der Waals surface area contributed by atoms with Gasteiger partial charge in [0.15, 0.2) is 11.7 Å². The molecule has 3 aromatic rings. The average molecular weight is 685 g/mol. The number of allylic oxidation sites excluding steroid dienone is 1. The van der Waals surface area contributed by atoms with Gasteiger partial charge in [-0.25, -0.2) is 10.2 Å². The van der Waals surface area contributed by atoms with Crippen molar-refractivity contribution in [1.29, 1.82) is 0 Å². The van der Waals surface area contributed by atoms with Crippen LogP contribution in [0.1, 0.15) is 36.6 Å². The number of nitrogens with zero attached hydrogens (tertiary/aromatic N) is 1. The summed E-state index contributed by atoms with van der Waals surface area (Å²) >= 11 is 7.58. The lowest BCUT2D eigenvalue weighted by Crippen LogP contribution is -2.45. The number of carbonyl (C=O) groups excluding carboxylic acids is 2. The molecule has 0 aromatic heterocycles. The Morgan fingerprint density at radius 1 is 1.05 bits per heavy atom. The summed E-state index contributed by atoms with van der Waals surface area (Å²) in [5.74, 6) is 0.242. The Morgan fingerprint density at radius 3 is 2.51 bits per heavy atom. The van der Waals surface area contributed by atoms with Crippen LogP contribution in [0, 0.1) is 3.57 Å². The number of nitrogens with one attached hydrogen (secondary N) is 3. The van der Waals surface area contributed by atoms with Crippen molar-refractivity contribution in [3.8, 4) is 11.5 Å². The van der Waals surface area contributed by atoms with Gasteiger partial charge in [0.05, 0.1) is 24.4 Å². The van der Waals surface area contributed by atoms with E-state index in [0.717, 1.165) is 16.9 Å². The molecule has 4 rings (SSSR count). The van der Waals surface area contributed by atoms with Crippen LogP contribution >= 0.6 is 34.8 Å². The van der Waals surface area contributed by atoms with Gasteiger partial charge in [-0.1, -0.05) is 30.3 Å². The van der Waals surface area contributed by atoms with E-state index in [1.165, 1.54) is 9.78 Å². The highest BCUT2D eigenvalue weighted by atomic mass is 127. The van der Waals surface area contributed by atoms with Crippen molar-refractivity contribution in [2.75, 3.05) is 13.2 Å². The number of benzene rings is 3. The van der Waals surface area contributed by atoms with Gasteiger partial charge in [-0.15, -0.1) is 0 Å². The molecular formula is C30H29IN4O5S. The smallest absolute Gasteiger partial charge is 0.338 e. The minimum Gasteiger partial charge on any atom is -0.489 e. The number of rotatable bonds is 11. The predicted molar refractivity (Wildman–Crippen MR) is 169 cm³/mol. The first-order valence-corrected chi connectivity index (χ1v) is 14.3. The van der Waals surface area contributed by atoms with Gasteiger partial charge >= 0.3 is 5.97 Å². The molecule has 1 heterocycles. The fourth-order valence-electron chi connectivity index (χ4n) is 4.01. The predicted octanol–water partition coefficient (Wildman–Crippen LogP) is 4.76. The van der Waals surface area contributed by atoms with Gasteiger partial charge < -0.3 is 24.8 Å². The Balaban J connectivity index is 1.32. The van der Waals surface area contributed by atoms with Gasteiger partial charge in [0.2, 0.25) is 0 Å². The summed E-state index contributed by atoms with van der Waals surface area (Å²) in [4.78, 5) is 25.2. The molecule has 0 fully saturated rings. The zero-order chi connectivity index (χ0) is 29.2. The zero-order valence-corrected chi connectivity index (χ0v) is 25.5. The molecule has 0 spiro atoms. The minimum absolute atomic E-state index is 0.233. The lowest BCUT2D eigenvalue weighted by atomic mass is 9.95. The van der Waals surface area contributed by atoms with Gasteiger partial charge in [0.1, 0.15) is 18.1 Å². The Labute approximate surface area is 257 Å². The van der Waals surface area contributed by atoms with Crippen molar-refractivity contribution < 1.29 is 23.8 Å². The SMILES string of the molecule is CCOC(=O)C1=C(C)NC(=S)N[C@H]1c1ccccc1OCC(=O)NN=Cc1ccc(OCc2ccc(I)cc2)cc1. The van der Waals surface area contributed by atoms with E-state index >= 15 is 0 Å². The molecule has 41 heavy (non-hydrogen) atoms. The number of ether oxygens (including phenoxy) is 3. The molecule has 3 aromatic carbocycles. The normalized spacial score (nSPS) is 14.7. The van der Waals surface area contributed by atoms with Gasteiger partial charge in [-0.2, -0.15) is 5.10 Å². The van der Waals surface area contributed by atoms with E-state index < -0.39 is 17.9 Å². The van der Waals surface area contributed by atoms with Gasteiger partial charge in [-0.3, -0.25) is 4.79 Å². The summed E-state index contributed by atoms with van der Waals surface area (Å²) in [7, 11) is 0. The average Bonchev–Trinajstić information content (AvgIpc) is 2.96. The lowest BCUT2D eigenvalue weighted by molar-refractivity contribution is -0.139. The standard InChI is InChI=1S/C30H29IN4O5S/c1-3-38-29(37)27-19(2)33-30(41)34-28(27)24-6-4-5-7-25(24)40-18-26(36)35-32-16-20-10-14-23(15-11-20)39-17-21-8-12-22(31)13-9-21/h4-16,28H,3,17-18H2,1-2H3,(H,35,36)(H2,33,34,41)/t28-/m0/s1. The quantitative estimate of drug-likeness (QED) is 0.0874. The van der Waals surface area contributed by atoms with Crippen LogP contribution in [0.3, 0.4) is 0 Å². The van der Waals surface area contributed by atoms with Crippen LogP contribution in [0.15, 0.2) is 89.2 Å². The van der Waals surface area contributed by atoms with Crippen LogP contribution < -0.4 is 25.5 Å². The number of hydrazone groups is 1. The highest BCUT2D eigenvalue weighted by Gasteiger charge is 2.32. The van der Waals surface area contributed by atoms with Crippen molar-refractivity contribution in [1.82, 2.24) is 16.1 Å². The van der Waals surface area contributed by atoms with E-state index in [1.807, 2.05) is 54.6 Å². The number of hydrogen-bond donors (Lipinski definition) is 3. The Kier molecular flexibility index (Phi) is 10.7. The van der Waals surface area contributed by atoms with Crippen LogP contribution in [-0.4, -0.2) is 36.4 Å². The summed E-state index contributed by atoms with van der Waals surface area (Å²) < 4.78 is 18.1. The van der Waals surface area contributed by atoms with Crippen molar-refractivity contribution in [3.63, 3.8) is 0 Å². The largest absolute Gasteiger partial charge is 0.489 e. The molecule has 3 N–H and O–H groups in total. The van der Waals surface area contributed by atoms with E-state index in [9.17, 15) is 9.59 Å². The molecular weight excluding hydrogens is 655 g/mol. The van der Waals surface area contributed by atoms with Gasteiger partial charge in [-0.05, 0) is 102 Å². The number of esters is 1. The first kappa shape index (κ1) is 30.0. The van der Waals surface area contributed by atoms with Crippen LogP contribution in [-0.2, 0) is 20.9 Å². The molecule has 0 aliphatic carbocycles. The van der Waals surface area contributed by atoms with Crippen molar-refractivity contribution in [2.24, 2.45) is 5.10 Å². The van der Waals surface area contributed by atoms with Gasteiger partial charge in [0.25, 0.3) is 5.91 Å². The third-order valence-electron chi connectivity index (χ3n) is 5.96. The third kappa shape index (κ3) is 8.51. The fraction of sp³-hybridized carbons (Fsp3) is 0.200. The van der Waals surface area contributed by atoms with Gasteiger partial charge in [0, 0.05) is 14.8 Å². The molecule has 0 bridgehead atoms. The van der Waals surface area contributed by atoms with Crippen LogP contribution in [0.4, 0.5) is 0 Å². The molecule has 1 aliphatic rings. The maximum atomic E-state index is 12.7. The Bertz CT molecular complexity index is 1460. The second-order valence-corrected chi connectivity index (χ2v) is 10.5. The molecule has 9 nitrogen and oxygen atoms in total. The van der Waals surface area contributed by atoms with E-state index in [2.05, 4.69) is 43.8 Å². The van der Waals surface area contributed by atoms with Crippen molar-refractivity contribution in [3.05, 3.63) is 104 Å². The second-order valence-electron chi connectivity index (χ2n) is 8.89. The number of halogens is 1. The lowest BCUT2D eigenvalue weighted by Gasteiger charge is -2.30. The molecule has 0 saturated carbocycles. The first-order chi connectivity index (χ1) is 19.8. The Morgan fingerprint density at radius 2 is 1.78 bits per heavy atom. The highest BCUT2D eigenvalue weighted by Crippen LogP contribution is 2.33. The molecule has 0 radical (unpaired) electrons. The summed E-state index contributed by atoms with van der Waals surface area (Å²) in [5.41, 5.74) is 5.96. The second kappa shape index (κ2) is 14.6. The molecule has 0 saturated heterocycles. The number of amides is 1. The van der Waals surface area contributed by atoms with Crippen LogP contribution in [0.5, 0.6) is 11.5 Å². The maximum absolute atomic E-state index is 12.7. The molecule has 1 atom stereocenters. The summed E-state index contributed by atoms with van der Waals surface area (Å²) in [6.45, 7) is 3.92. The minimum atomic E-state index is -0.608. The van der Waals surface area contributed by atoms with Crippen LogP contribution in [0.2, 0.25) is 0 Å². The topological polar surface area (TPSA) is 110 Å². The summed E-state index contributed by atoms with van der Waals surface area (Å²) in [5, 5.41) is 10.5. The van der Waals surface area contributed by atoms with E-state index in [-0.39, 0.29) is 13.2 Å². The monoisotopic (exact) mass is 684 g/mol. The molecule has 1 aliphatic heterocycles. The fourth-order valence-corrected chi connectivity index (χ4v) is 4.64.